The molecule has 0 amide bonds. The van der Waals surface area contributed by atoms with E-state index in [0.717, 1.165) is 25.7 Å². The molecule has 0 N–H and O–H groups in total. The molecule has 2 aromatic rings. The predicted molar refractivity (Wildman–Crippen MR) is 162 cm³/mol. The molecule has 4 aliphatic rings. The van der Waals surface area contributed by atoms with Gasteiger partial charge < -0.3 is 9.80 Å². The molecule has 0 radical (unpaired) electrons. The standard InChI is InChI=1S/C36H38N2/c1-5-13-31(14-6-1)37(32-15-7-2-8-16-32)35-25-21-29(22-26-35)30-23-27-36(28-24-30)38(33-17-9-3-10-18-33)34-19-11-4-12-20-34/h1-3,5-11,13-15,17-21,23,25-27,29-30,32,36H,4,12,16,22,24,28H2. The molecular formula is C36H38N2. The summed E-state index contributed by atoms with van der Waals surface area (Å²) in [5.41, 5.74) is 5.21. The van der Waals surface area contributed by atoms with Crippen LogP contribution in [0.25, 0.3) is 0 Å². The lowest BCUT2D eigenvalue weighted by atomic mass is 9.79. The number of anilines is 2. The minimum Gasteiger partial charge on any atom is -0.335 e. The van der Waals surface area contributed by atoms with E-state index < -0.39 is 0 Å². The highest BCUT2D eigenvalue weighted by Gasteiger charge is 2.29. The van der Waals surface area contributed by atoms with Crippen LogP contribution in [0.1, 0.15) is 38.5 Å². The number of rotatable bonds is 7. The highest BCUT2D eigenvalue weighted by Crippen LogP contribution is 2.37. The van der Waals surface area contributed by atoms with Crippen molar-refractivity contribution in [3.05, 3.63) is 145 Å². The van der Waals surface area contributed by atoms with E-state index >= 15 is 0 Å². The zero-order chi connectivity index (χ0) is 25.6. The van der Waals surface area contributed by atoms with Crippen LogP contribution in [-0.2, 0) is 0 Å². The molecule has 2 aromatic carbocycles. The van der Waals surface area contributed by atoms with Crippen LogP contribution in [0.4, 0.5) is 11.4 Å². The average molecular weight is 499 g/mol. The van der Waals surface area contributed by atoms with E-state index in [0.29, 0.717) is 23.9 Å². The molecule has 0 saturated carbocycles. The molecule has 0 saturated heterocycles. The second kappa shape index (κ2) is 11.7. The Bertz CT molecular complexity index is 1290. The van der Waals surface area contributed by atoms with E-state index in [1.165, 1.54) is 35.6 Å². The molecule has 4 atom stereocenters. The lowest BCUT2D eigenvalue weighted by Crippen LogP contribution is -2.36. The van der Waals surface area contributed by atoms with Crippen molar-refractivity contribution in [2.24, 2.45) is 11.8 Å². The normalized spacial score (nSPS) is 26.1. The van der Waals surface area contributed by atoms with Crippen LogP contribution in [0.3, 0.4) is 0 Å². The fraction of sp³-hybridized carbons (Fsp3) is 0.278. The second-order valence-corrected chi connectivity index (χ2v) is 10.7. The Morgan fingerprint density at radius 1 is 0.526 bits per heavy atom. The summed E-state index contributed by atoms with van der Waals surface area (Å²) in [5.74, 6) is 1.16. The number of benzene rings is 2. The van der Waals surface area contributed by atoms with Crippen LogP contribution in [0, 0.1) is 11.8 Å². The Hall–Kier alpha value is -3.78. The summed E-state index contributed by atoms with van der Waals surface area (Å²) in [4.78, 5) is 5.05. The van der Waals surface area contributed by atoms with Crippen molar-refractivity contribution in [3.8, 4) is 0 Å². The number of para-hydroxylation sites is 2. The molecule has 192 valence electrons. The van der Waals surface area contributed by atoms with Crippen molar-refractivity contribution in [1.29, 1.82) is 0 Å². The summed E-state index contributed by atoms with van der Waals surface area (Å²) >= 11 is 0. The van der Waals surface area contributed by atoms with Crippen molar-refractivity contribution in [3.63, 3.8) is 0 Å². The fourth-order valence-electron chi connectivity index (χ4n) is 6.30. The topological polar surface area (TPSA) is 6.48 Å². The number of hydrogen-bond acceptors (Lipinski definition) is 2. The maximum atomic E-state index is 2.54. The van der Waals surface area contributed by atoms with Crippen molar-refractivity contribution >= 4 is 11.4 Å². The van der Waals surface area contributed by atoms with E-state index in [1.807, 2.05) is 0 Å². The Labute approximate surface area is 228 Å². The summed E-state index contributed by atoms with van der Waals surface area (Å²) in [7, 11) is 0. The Kier molecular flexibility index (Phi) is 7.58. The minimum atomic E-state index is 0.359. The Balaban J connectivity index is 1.17. The summed E-state index contributed by atoms with van der Waals surface area (Å²) < 4.78 is 0. The summed E-state index contributed by atoms with van der Waals surface area (Å²) in [6.45, 7) is 0. The average Bonchev–Trinajstić information content (AvgIpc) is 3.00. The summed E-state index contributed by atoms with van der Waals surface area (Å²) in [6.07, 6.45) is 35.1. The first-order valence-electron chi connectivity index (χ1n) is 14.3. The monoisotopic (exact) mass is 498 g/mol. The lowest BCUT2D eigenvalue weighted by Gasteiger charge is -2.38. The first kappa shape index (κ1) is 24.6. The van der Waals surface area contributed by atoms with Gasteiger partial charge in [0, 0.05) is 22.8 Å². The van der Waals surface area contributed by atoms with E-state index in [2.05, 4.69) is 143 Å². The summed E-state index contributed by atoms with van der Waals surface area (Å²) in [6, 6.07) is 22.5. The lowest BCUT2D eigenvalue weighted by molar-refractivity contribution is 0.403. The predicted octanol–water partition coefficient (Wildman–Crippen LogP) is 8.91. The molecule has 0 aromatic heterocycles. The quantitative estimate of drug-likeness (QED) is 0.352. The number of nitrogens with zero attached hydrogens (tertiary/aromatic N) is 2. The van der Waals surface area contributed by atoms with Crippen molar-refractivity contribution in [2.75, 3.05) is 9.80 Å². The number of allylic oxidation sites excluding steroid dienone is 9. The Morgan fingerprint density at radius 3 is 1.84 bits per heavy atom. The van der Waals surface area contributed by atoms with Crippen molar-refractivity contribution in [2.45, 2.75) is 50.6 Å². The van der Waals surface area contributed by atoms with Crippen LogP contribution in [-0.4, -0.2) is 12.1 Å². The first-order valence-corrected chi connectivity index (χ1v) is 14.3. The highest BCUT2D eigenvalue weighted by atomic mass is 15.2. The van der Waals surface area contributed by atoms with E-state index in [4.69, 9.17) is 0 Å². The van der Waals surface area contributed by atoms with Gasteiger partial charge in [-0.15, -0.1) is 0 Å². The smallest absolute Gasteiger partial charge is 0.0559 e. The van der Waals surface area contributed by atoms with Crippen molar-refractivity contribution < 1.29 is 0 Å². The van der Waals surface area contributed by atoms with Gasteiger partial charge in [-0.3, -0.25) is 0 Å². The third kappa shape index (κ3) is 5.41. The zero-order valence-electron chi connectivity index (χ0n) is 22.1. The minimum absolute atomic E-state index is 0.359. The maximum absolute atomic E-state index is 2.54. The molecule has 0 spiro atoms. The largest absolute Gasteiger partial charge is 0.335 e. The van der Waals surface area contributed by atoms with Gasteiger partial charge in [0.15, 0.2) is 0 Å². The van der Waals surface area contributed by atoms with Gasteiger partial charge in [0.05, 0.1) is 12.1 Å². The molecule has 4 unspecified atom stereocenters. The summed E-state index contributed by atoms with van der Waals surface area (Å²) in [5, 5.41) is 0. The van der Waals surface area contributed by atoms with Crippen LogP contribution in [0.2, 0.25) is 0 Å². The number of hydrogen-bond donors (Lipinski definition) is 0. The van der Waals surface area contributed by atoms with Gasteiger partial charge in [-0.2, -0.15) is 0 Å². The molecule has 2 heteroatoms. The molecule has 2 nitrogen and oxygen atoms in total. The molecule has 38 heavy (non-hydrogen) atoms. The van der Waals surface area contributed by atoms with Gasteiger partial charge in [0.25, 0.3) is 0 Å². The van der Waals surface area contributed by atoms with Crippen LogP contribution >= 0.6 is 0 Å². The maximum Gasteiger partial charge on any atom is 0.0559 e. The molecule has 0 aliphatic heterocycles. The molecule has 4 aliphatic carbocycles. The molecule has 0 fully saturated rings. The van der Waals surface area contributed by atoms with Gasteiger partial charge >= 0.3 is 0 Å². The van der Waals surface area contributed by atoms with Gasteiger partial charge in [0.1, 0.15) is 0 Å². The third-order valence-electron chi connectivity index (χ3n) is 8.26. The second-order valence-electron chi connectivity index (χ2n) is 10.7. The van der Waals surface area contributed by atoms with Crippen LogP contribution < -0.4 is 9.80 Å². The van der Waals surface area contributed by atoms with Crippen molar-refractivity contribution in [1.82, 2.24) is 0 Å². The molecule has 0 bridgehead atoms. The molecule has 0 heterocycles. The van der Waals surface area contributed by atoms with E-state index in [9.17, 15) is 0 Å². The van der Waals surface area contributed by atoms with Gasteiger partial charge in [-0.25, -0.2) is 0 Å². The molecule has 6 rings (SSSR count). The highest BCUT2D eigenvalue weighted by molar-refractivity contribution is 5.59. The first-order chi connectivity index (χ1) is 18.9. The van der Waals surface area contributed by atoms with Gasteiger partial charge in [0.2, 0.25) is 0 Å². The zero-order valence-corrected chi connectivity index (χ0v) is 22.1. The van der Waals surface area contributed by atoms with E-state index in [1.54, 1.807) is 0 Å². The SMILES string of the molecule is C1=CCC(N(C2=CCC(C3C=CC(N(C4=CCCC=C4)c4ccccc4)CC3)C=C2)c2ccccc2)C=C1. The van der Waals surface area contributed by atoms with Crippen LogP contribution in [0.15, 0.2) is 145 Å². The van der Waals surface area contributed by atoms with E-state index in [-0.39, 0.29) is 0 Å². The van der Waals surface area contributed by atoms with Crippen LogP contribution in [0.5, 0.6) is 0 Å². The third-order valence-corrected chi connectivity index (χ3v) is 8.26. The fourth-order valence-corrected chi connectivity index (χ4v) is 6.30. The van der Waals surface area contributed by atoms with Gasteiger partial charge in [-0.05, 0) is 86.8 Å². The Morgan fingerprint density at radius 2 is 1.26 bits per heavy atom. The van der Waals surface area contributed by atoms with Gasteiger partial charge in [-0.1, -0.05) is 97.2 Å². The molecular weight excluding hydrogens is 460 g/mol.